The number of aromatic hydroxyl groups is 1. The third kappa shape index (κ3) is 2.17. The second-order valence-electron chi connectivity index (χ2n) is 5.10. The molecule has 0 aliphatic heterocycles. The molecule has 8 nitrogen and oxygen atoms in total. The predicted octanol–water partition coefficient (Wildman–Crippen LogP) is 3.22. The Bertz CT molecular complexity index is 1170. The molecule has 0 bridgehead atoms. The molecule has 0 spiro atoms. The van der Waals surface area contributed by atoms with E-state index in [4.69, 9.17) is 8.83 Å². The van der Waals surface area contributed by atoms with Gasteiger partial charge in [-0.15, -0.1) is 0 Å². The molecule has 0 aliphatic carbocycles. The van der Waals surface area contributed by atoms with Gasteiger partial charge in [0.05, 0.1) is 4.92 Å². The van der Waals surface area contributed by atoms with Crippen molar-refractivity contribution < 1.29 is 18.9 Å². The number of hydrogen-bond donors (Lipinski definition) is 1. The zero-order valence-electron chi connectivity index (χ0n) is 11.9. The summed E-state index contributed by atoms with van der Waals surface area (Å²) >= 11 is 0. The smallest absolute Gasteiger partial charge is 0.349 e. The number of oxazole rings is 1. The number of non-ortho nitro benzene ring substituents is 1. The maximum atomic E-state index is 12.1. The number of nitro benzene ring substituents is 1. The van der Waals surface area contributed by atoms with Gasteiger partial charge in [-0.3, -0.25) is 10.1 Å². The number of rotatable bonds is 2. The summed E-state index contributed by atoms with van der Waals surface area (Å²) in [7, 11) is 0. The van der Waals surface area contributed by atoms with Crippen LogP contribution in [-0.2, 0) is 0 Å². The topological polar surface area (TPSA) is 120 Å². The van der Waals surface area contributed by atoms with Gasteiger partial charge in [0.2, 0.25) is 5.89 Å². The van der Waals surface area contributed by atoms with Crippen molar-refractivity contribution in [2.24, 2.45) is 0 Å². The van der Waals surface area contributed by atoms with Crippen molar-refractivity contribution in [2.45, 2.75) is 0 Å². The van der Waals surface area contributed by atoms with Crippen molar-refractivity contribution in [3.05, 3.63) is 63.0 Å². The van der Waals surface area contributed by atoms with Gasteiger partial charge < -0.3 is 13.9 Å². The van der Waals surface area contributed by atoms with Crippen molar-refractivity contribution >= 4 is 27.8 Å². The van der Waals surface area contributed by atoms with Crippen LogP contribution in [0.5, 0.6) is 5.75 Å². The summed E-state index contributed by atoms with van der Waals surface area (Å²) in [4.78, 5) is 26.5. The van der Waals surface area contributed by atoms with Crippen LogP contribution < -0.4 is 5.63 Å². The van der Waals surface area contributed by atoms with E-state index in [0.29, 0.717) is 11.0 Å². The first kappa shape index (κ1) is 13.9. The Morgan fingerprint density at radius 2 is 1.88 bits per heavy atom. The first-order valence-electron chi connectivity index (χ1n) is 6.83. The van der Waals surface area contributed by atoms with Crippen molar-refractivity contribution in [2.75, 3.05) is 0 Å². The quantitative estimate of drug-likeness (QED) is 0.341. The number of fused-ring (bicyclic) bond motifs is 2. The van der Waals surface area contributed by atoms with Crippen molar-refractivity contribution in [1.29, 1.82) is 0 Å². The van der Waals surface area contributed by atoms with Gasteiger partial charge in [0.1, 0.15) is 22.4 Å². The number of phenolic OH excluding ortho intramolecular Hbond substituents is 1. The molecule has 0 fully saturated rings. The Balaban J connectivity index is 1.92. The number of hydrogen-bond acceptors (Lipinski definition) is 7. The molecule has 118 valence electrons. The minimum absolute atomic E-state index is 0.00854. The van der Waals surface area contributed by atoms with Crippen molar-refractivity contribution in [3.8, 4) is 17.2 Å². The lowest BCUT2D eigenvalue weighted by Gasteiger charge is -1.99. The lowest BCUT2D eigenvalue weighted by molar-refractivity contribution is -0.384. The SMILES string of the molecule is O=c1oc2cc(O)ccc2cc1-c1nc2cc([N+](=O)[O-])ccc2o1. The summed E-state index contributed by atoms with van der Waals surface area (Å²) in [5.41, 5.74) is 0.102. The Morgan fingerprint density at radius 3 is 2.67 bits per heavy atom. The van der Waals surface area contributed by atoms with Gasteiger partial charge in [-0.1, -0.05) is 0 Å². The molecule has 2 aromatic carbocycles. The second-order valence-corrected chi connectivity index (χ2v) is 5.10. The Labute approximate surface area is 132 Å². The molecule has 1 N–H and O–H groups in total. The highest BCUT2D eigenvalue weighted by atomic mass is 16.6. The minimum Gasteiger partial charge on any atom is -0.508 e. The summed E-state index contributed by atoms with van der Waals surface area (Å²) in [6, 6.07) is 9.89. The molecule has 0 saturated heterocycles. The van der Waals surface area contributed by atoms with Crippen LogP contribution in [-0.4, -0.2) is 15.0 Å². The molecule has 2 heterocycles. The van der Waals surface area contributed by atoms with Gasteiger partial charge in [0.15, 0.2) is 5.58 Å². The fraction of sp³-hybridized carbons (Fsp3) is 0. The van der Waals surface area contributed by atoms with Crippen LogP contribution in [0.1, 0.15) is 0 Å². The van der Waals surface area contributed by atoms with Crippen LogP contribution in [0.3, 0.4) is 0 Å². The molecule has 0 amide bonds. The van der Waals surface area contributed by atoms with Crippen LogP contribution >= 0.6 is 0 Å². The van der Waals surface area contributed by atoms with Gasteiger partial charge in [0.25, 0.3) is 5.69 Å². The zero-order valence-corrected chi connectivity index (χ0v) is 11.9. The molecular formula is C16H8N2O6. The van der Waals surface area contributed by atoms with E-state index in [1.807, 2.05) is 0 Å². The highest BCUT2D eigenvalue weighted by Crippen LogP contribution is 2.27. The second kappa shape index (κ2) is 4.92. The van der Waals surface area contributed by atoms with E-state index in [0.717, 1.165) is 0 Å². The van der Waals surface area contributed by atoms with Gasteiger partial charge >= 0.3 is 5.63 Å². The molecule has 0 saturated carbocycles. The molecular weight excluding hydrogens is 316 g/mol. The highest BCUT2D eigenvalue weighted by Gasteiger charge is 2.16. The minimum atomic E-state index is -0.686. The van der Waals surface area contributed by atoms with Crippen LogP contribution in [0.4, 0.5) is 5.69 Å². The fourth-order valence-electron chi connectivity index (χ4n) is 2.39. The van der Waals surface area contributed by atoms with E-state index in [-0.39, 0.29) is 34.0 Å². The number of nitro groups is 1. The van der Waals surface area contributed by atoms with E-state index >= 15 is 0 Å². The molecule has 0 atom stereocenters. The standard InChI is InChI=1S/C16H8N2O6/c19-10-3-1-8-5-11(16(20)24-14(8)7-10)15-17-12-6-9(18(21)22)2-4-13(12)23-15/h1-7,19H. The zero-order chi connectivity index (χ0) is 16.8. The summed E-state index contributed by atoms with van der Waals surface area (Å²) in [6.07, 6.45) is 0. The van der Waals surface area contributed by atoms with E-state index in [9.17, 15) is 20.0 Å². The van der Waals surface area contributed by atoms with Gasteiger partial charge in [-0.25, -0.2) is 9.78 Å². The summed E-state index contributed by atoms with van der Waals surface area (Å²) in [5.74, 6) is -0.0122. The maximum absolute atomic E-state index is 12.1. The Hall–Kier alpha value is -3.68. The number of aromatic nitrogens is 1. The normalized spacial score (nSPS) is 11.2. The number of nitrogens with zero attached hydrogens (tertiary/aromatic N) is 2. The molecule has 0 radical (unpaired) electrons. The fourth-order valence-corrected chi connectivity index (χ4v) is 2.39. The van der Waals surface area contributed by atoms with E-state index in [2.05, 4.69) is 4.98 Å². The van der Waals surface area contributed by atoms with Gasteiger partial charge in [0, 0.05) is 23.6 Å². The van der Waals surface area contributed by atoms with E-state index in [1.165, 1.54) is 36.4 Å². The average Bonchev–Trinajstić information content (AvgIpc) is 2.96. The van der Waals surface area contributed by atoms with Crippen LogP contribution in [0.2, 0.25) is 0 Å². The molecule has 24 heavy (non-hydrogen) atoms. The van der Waals surface area contributed by atoms with Crippen molar-refractivity contribution in [1.82, 2.24) is 4.98 Å². The molecule has 8 heteroatoms. The maximum Gasteiger partial charge on any atom is 0.349 e. The molecule has 4 aromatic rings. The first-order valence-corrected chi connectivity index (χ1v) is 6.83. The highest BCUT2D eigenvalue weighted by molar-refractivity contribution is 5.83. The summed E-state index contributed by atoms with van der Waals surface area (Å²) in [6.45, 7) is 0. The monoisotopic (exact) mass is 324 g/mol. The number of phenols is 1. The number of benzene rings is 2. The first-order chi connectivity index (χ1) is 11.5. The molecule has 0 aliphatic rings. The van der Waals surface area contributed by atoms with Crippen LogP contribution in [0.15, 0.2) is 56.1 Å². The summed E-state index contributed by atoms with van der Waals surface area (Å²) in [5, 5.41) is 20.8. The van der Waals surface area contributed by atoms with Crippen molar-refractivity contribution in [3.63, 3.8) is 0 Å². The van der Waals surface area contributed by atoms with E-state index < -0.39 is 10.5 Å². The Morgan fingerprint density at radius 1 is 1.04 bits per heavy atom. The molecule has 0 unspecified atom stereocenters. The summed E-state index contributed by atoms with van der Waals surface area (Å²) < 4.78 is 10.7. The third-order valence-electron chi connectivity index (χ3n) is 3.53. The van der Waals surface area contributed by atoms with Gasteiger partial charge in [-0.2, -0.15) is 0 Å². The lowest BCUT2D eigenvalue weighted by atomic mass is 10.2. The van der Waals surface area contributed by atoms with Gasteiger partial charge in [-0.05, 0) is 24.3 Å². The Kier molecular flexibility index (Phi) is 2.86. The van der Waals surface area contributed by atoms with Crippen LogP contribution in [0.25, 0.3) is 33.5 Å². The predicted molar refractivity (Wildman–Crippen MR) is 83.8 cm³/mol. The molecule has 2 aromatic heterocycles. The van der Waals surface area contributed by atoms with Crippen LogP contribution in [0, 0.1) is 10.1 Å². The largest absolute Gasteiger partial charge is 0.508 e. The third-order valence-corrected chi connectivity index (χ3v) is 3.53. The lowest BCUT2D eigenvalue weighted by Crippen LogP contribution is -2.02. The average molecular weight is 324 g/mol. The van der Waals surface area contributed by atoms with E-state index in [1.54, 1.807) is 6.07 Å². The molecule has 4 rings (SSSR count).